The van der Waals surface area contributed by atoms with Crippen LogP contribution in [0.15, 0.2) is 58.8 Å². The number of nitro groups is 1. The van der Waals surface area contributed by atoms with Crippen LogP contribution in [0.4, 0.5) is 5.69 Å². The van der Waals surface area contributed by atoms with E-state index in [0.29, 0.717) is 29.0 Å². The summed E-state index contributed by atoms with van der Waals surface area (Å²) in [5, 5.41) is 20.2. The molecule has 0 atom stereocenters. The number of aromatic nitrogens is 3. The van der Waals surface area contributed by atoms with Crippen LogP contribution < -0.4 is 4.74 Å². The zero-order chi connectivity index (χ0) is 18.5. The van der Waals surface area contributed by atoms with E-state index in [1.54, 1.807) is 30.5 Å². The molecule has 0 aliphatic rings. The van der Waals surface area contributed by atoms with Crippen LogP contribution in [-0.4, -0.2) is 26.8 Å². The van der Waals surface area contributed by atoms with Gasteiger partial charge >= 0.3 is 5.69 Å². The Labute approximate surface area is 153 Å². The zero-order valence-electron chi connectivity index (χ0n) is 14.0. The van der Waals surface area contributed by atoms with Gasteiger partial charge in [0.1, 0.15) is 0 Å². The first-order valence-corrected chi connectivity index (χ1v) is 8.64. The van der Waals surface area contributed by atoms with Gasteiger partial charge in [-0.05, 0) is 23.8 Å². The van der Waals surface area contributed by atoms with Gasteiger partial charge in [-0.25, -0.2) is 0 Å². The first-order valence-electron chi connectivity index (χ1n) is 7.66. The fourth-order valence-corrected chi connectivity index (χ4v) is 3.28. The Kier molecular flexibility index (Phi) is 5.37. The second kappa shape index (κ2) is 7.87. The molecule has 2 aromatic heterocycles. The Morgan fingerprint density at radius 1 is 1.42 bits per heavy atom. The van der Waals surface area contributed by atoms with Crippen molar-refractivity contribution in [1.29, 1.82) is 0 Å². The van der Waals surface area contributed by atoms with Gasteiger partial charge in [-0.15, -0.1) is 16.8 Å². The van der Waals surface area contributed by atoms with Gasteiger partial charge in [0.2, 0.25) is 5.82 Å². The highest BCUT2D eigenvalue weighted by Crippen LogP contribution is 2.31. The molecule has 0 saturated carbocycles. The Morgan fingerprint density at radius 3 is 2.92 bits per heavy atom. The predicted molar refractivity (Wildman–Crippen MR) is 97.1 cm³/mol. The molecule has 0 N–H and O–H groups in total. The standard InChI is InChI=1S/C17H16N4O4S/c1-3-8-20-16(15-5-4-9-25-15)18-19-17(20)26-11-12-6-7-14(24-2)13(10-12)21(22)23/h3-7,9-10H,1,8,11H2,2H3. The molecule has 8 nitrogen and oxygen atoms in total. The van der Waals surface area contributed by atoms with Gasteiger partial charge in [0.25, 0.3) is 0 Å². The van der Waals surface area contributed by atoms with Gasteiger partial charge in [0, 0.05) is 18.4 Å². The number of thioether (sulfide) groups is 1. The largest absolute Gasteiger partial charge is 0.490 e. The predicted octanol–water partition coefficient (Wildman–Crippen LogP) is 3.93. The van der Waals surface area contributed by atoms with Gasteiger partial charge in [-0.2, -0.15) is 0 Å². The third-order valence-corrected chi connectivity index (χ3v) is 4.62. The molecule has 3 rings (SSSR count). The summed E-state index contributed by atoms with van der Waals surface area (Å²) in [4.78, 5) is 10.7. The summed E-state index contributed by atoms with van der Waals surface area (Å²) in [7, 11) is 1.41. The molecule has 9 heteroatoms. The van der Waals surface area contributed by atoms with Crippen molar-refractivity contribution in [3.8, 4) is 17.3 Å². The van der Waals surface area contributed by atoms with E-state index in [1.807, 2.05) is 10.6 Å². The number of hydrogen-bond donors (Lipinski definition) is 0. The van der Waals surface area contributed by atoms with Crippen molar-refractivity contribution in [2.45, 2.75) is 17.5 Å². The maximum atomic E-state index is 11.2. The van der Waals surface area contributed by atoms with Crippen molar-refractivity contribution in [2.75, 3.05) is 7.11 Å². The van der Waals surface area contributed by atoms with Gasteiger partial charge in [-0.1, -0.05) is 23.9 Å². The lowest BCUT2D eigenvalue weighted by molar-refractivity contribution is -0.385. The summed E-state index contributed by atoms with van der Waals surface area (Å²) >= 11 is 1.43. The van der Waals surface area contributed by atoms with Crippen LogP contribution in [0.25, 0.3) is 11.6 Å². The maximum absolute atomic E-state index is 11.2. The molecule has 0 unspecified atom stereocenters. The molecule has 134 valence electrons. The van der Waals surface area contributed by atoms with Crippen molar-refractivity contribution in [3.05, 3.63) is 64.9 Å². The van der Waals surface area contributed by atoms with E-state index in [2.05, 4.69) is 16.8 Å². The van der Waals surface area contributed by atoms with E-state index < -0.39 is 4.92 Å². The van der Waals surface area contributed by atoms with E-state index >= 15 is 0 Å². The van der Waals surface area contributed by atoms with E-state index in [4.69, 9.17) is 9.15 Å². The molecule has 0 radical (unpaired) electrons. The minimum absolute atomic E-state index is 0.0607. The Hall–Kier alpha value is -3.07. The first-order chi connectivity index (χ1) is 12.6. The number of hydrogen-bond acceptors (Lipinski definition) is 7. The van der Waals surface area contributed by atoms with Crippen LogP contribution >= 0.6 is 11.8 Å². The molecule has 0 bridgehead atoms. The van der Waals surface area contributed by atoms with E-state index in [0.717, 1.165) is 5.56 Å². The highest BCUT2D eigenvalue weighted by Gasteiger charge is 2.18. The smallest absolute Gasteiger partial charge is 0.311 e. The fraction of sp³-hybridized carbons (Fsp3) is 0.176. The summed E-state index contributed by atoms with van der Waals surface area (Å²) < 4.78 is 12.3. The van der Waals surface area contributed by atoms with Gasteiger partial charge in [-0.3, -0.25) is 14.7 Å². The van der Waals surface area contributed by atoms with E-state index in [9.17, 15) is 10.1 Å². The lowest BCUT2D eigenvalue weighted by Crippen LogP contribution is -2.00. The molecular formula is C17H16N4O4S. The Morgan fingerprint density at radius 2 is 2.27 bits per heavy atom. The number of allylic oxidation sites excluding steroid dienone is 1. The van der Waals surface area contributed by atoms with Gasteiger partial charge in [0.15, 0.2) is 16.7 Å². The normalized spacial score (nSPS) is 10.7. The van der Waals surface area contributed by atoms with Crippen LogP contribution in [-0.2, 0) is 12.3 Å². The molecule has 0 aliphatic carbocycles. The van der Waals surface area contributed by atoms with Crippen molar-refractivity contribution < 1.29 is 14.1 Å². The Bertz CT molecular complexity index is 921. The van der Waals surface area contributed by atoms with Crippen LogP contribution in [0.5, 0.6) is 5.75 Å². The molecule has 0 fully saturated rings. The van der Waals surface area contributed by atoms with Crippen molar-refractivity contribution in [3.63, 3.8) is 0 Å². The van der Waals surface area contributed by atoms with Crippen molar-refractivity contribution in [1.82, 2.24) is 14.8 Å². The number of methoxy groups -OCH3 is 1. The SMILES string of the molecule is C=CCn1c(SCc2ccc(OC)c([N+](=O)[O-])c2)nnc1-c1ccco1. The highest BCUT2D eigenvalue weighted by molar-refractivity contribution is 7.98. The molecule has 2 heterocycles. The quantitative estimate of drug-likeness (QED) is 0.256. The molecule has 0 amide bonds. The third kappa shape index (κ3) is 3.62. The minimum Gasteiger partial charge on any atom is -0.490 e. The summed E-state index contributed by atoms with van der Waals surface area (Å²) in [6.07, 6.45) is 3.32. The second-order valence-corrected chi connectivity index (χ2v) is 6.18. The van der Waals surface area contributed by atoms with E-state index in [-0.39, 0.29) is 11.4 Å². The monoisotopic (exact) mass is 372 g/mol. The first kappa shape index (κ1) is 17.7. The Balaban J connectivity index is 1.83. The third-order valence-electron chi connectivity index (χ3n) is 3.58. The van der Waals surface area contributed by atoms with Crippen LogP contribution in [0.3, 0.4) is 0 Å². The summed E-state index contributed by atoms with van der Waals surface area (Å²) in [6.45, 7) is 4.28. The summed E-state index contributed by atoms with van der Waals surface area (Å²) in [5.41, 5.74) is 0.727. The highest BCUT2D eigenvalue weighted by atomic mass is 32.2. The topological polar surface area (TPSA) is 96.2 Å². The van der Waals surface area contributed by atoms with Gasteiger partial charge < -0.3 is 9.15 Å². The number of ether oxygens (including phenoxy) is 1. The number of nitrogens with zero attached hydrogens (tertiary/aromatic N) is 4. The molecule has 26 heavy (non-hydrogen) atoms. The molecule has 3 aromatic rings. The van der Waals surface area contributed by atoms with Crippen LogP contribution in [0.1, 0.15) is 5.56 Å². The maximum Gasteiger partial charge on any atom is 0.311 e. The number of rotatable bonds is 8. The number of benzene rings is 1. The average molecular weight is 372 g/mol. The molecule has 0 spiro atoms. The number of nitro benzene ring substituents is 1. The average Bonchev–Trinajstić information content (AvgIpc) is 3.30. The molecular weight excluding hydrogens is 356 g/mol. The second-order valence-electron chi connectivity index (χ2n) is 5.23. The molecule has 1 aromatic carbocycles. The van der Waals surface area contributed by atoms with Crippen LogP contribution in [0.2, 0.25) is 0 Å². The number of furan rings is 1. The lowest BCUT2D eigenvalue weighted by atomic mass is 10.2. The van der Waals surface area contributed by atoms with Crippen molar-refractivity contribution in [2.24, 2.45) is 0 Å². The summed E-state index contributed by atoms with van der Waals surface area (Å²) in [6, 6.07) is 8.49. The van der Waals surface area contributed by atoms with Crippen molar-refractivity contribution >= 4 is 17.4 Å². The minimum atomic E-state index is -0.456. The lowest BCUT2D eigenvalue weighted by Gasteiger charge is -2.07. The molecule has 0 saturated heterocycles. The fourth-order valence-electron chi connectivity index (χ4n) is 2.39. The van der Waals surface area contributed by atoms with Gasteiger partial charge in [0.05, 0.1) is 18.3 Å². The zero-order valence-corrected chi connectivity index (χ0v) is 14.8. The van der Waals surface area contributed by atoms with E-state index in [1.165, 1.54) is 24.9 Å². The molecule has 0 aliphatic heterocycles. The summed E-state index contributed by atoms with van der Waals surface area (Å²) in [5.74, 6) is 1.96. The van der Waals surface area contributed by atoms with Crippen LogP contribution in [0, 0.1) is 10.1 Å².